The number of aromatic nitrogens is 1. The van der Waals surface area contributed by atoms with E-state index in [1.165, 1.54) is 12.1 Å². The Kier molecular flexibility index (Phi) is 6.26. The fourth-order valence-electron chi connectivity index (χ4n) is 3.10. The molecule has 1 aromatic heterocycles. The number of hydrogen-bond acceptors (Lipinski definition) is 5. The van der Waals surface area contributed by atoms with Crippen molar-refractivity contribution >= 4 is 23.2 Å². The first kappa shape index (κ1) is 20.6. The average molecular weight is 417 g/mol. The monoisotopic (exact) mass is 416 g/mol. The number of alkyl halides is 3. The molecule has 1 aromatic carbocycles. The van der Waals surface area contributed by atoms with Crippen LogP contribution >= 0.6 is 11.6 Å². The zero-order chi connectivity index (χ0) is 20.3. The molecule has 3 rings (SSSR count). The van der Waals surface area contributed by atoms with Gasteiger partial charge in [0.05, 0.1) is 28.5 Å². The van der Waals surface area contributed by atoms with Crippen molar-refractivity contribution in [3.05, 3.63) is 46.3 Å². The molecule has 0 aliphatic carbocycles. The molecule has 10 heteroatoms. The summed E-state index contributed by atoms with van der Waals surface area (Å²) in [5, 5.41) is 6.14. The molecule has 1 amide bonds. The summed E-state index contributed by atoms with van der Waals surface area (Å²) in [6.45, 7) is 5.18. The zero-order valence-corrected chi connectivity index (χ0v) is 16.0. The number of para-hydroxylation sites is 1. The Morgan fingerprint density at radius 1 is 1.25 bits per heavy atom. The van der Waals surface area contributed by atoms with Crippen molar-refractivity contribution < 1.29 is 22.5 Å². The Labute approximate surface area is 165 Å². The van der Waals surface area contributed by atoms with Crippen molar-refractivity contribution in [2.45, 2.75) is 19.6 Å². The van der Waals surface area contributed by atoms with Gasteiger partial charge < -0.3 is 9.84 Å². The minimum atomic E-state index is -4.60. The molecule has 1 N–H and O–H groups in total. The summed E-state index contributed by atoms with van der Waals surface area (Å²) < 4.78 is 44.4. The maximum absolute atomic E-state index is 13.1. The second kappa shape index (κ2) is 8.50. The van der Waals surface area contributed by atoms with Crippen LogP contribution in [-0.4, -0.2) is 53.6 Å². The second-order valence-electron chi connectivity index (χ2n) is 6.69. The van der Waals surface area contributed by atoms with Crippen LogP contribution in [0.1, 0.15) is 17.0 Å². The molecule has 2 heterocycles. The molecule has 1 aliphatic rings. The lowest BCUT2D eigenvalue weighted by molar-refractivity contribution is -0.137. The normalized spacial score (nSPS) is 16.3. The van der Waals surface area contributed by atoms with E-state index >= 15 is 0 Å². The van der Waals surface area contributed by atoms with Gasteiger partial charge in [-0.3, -0.25) is 14.6 Å². The van der Waals surface area contributed by atoms with Gasteiger partial charge in [-0.05, 0) is 19.1 Å². The molecule has 1 saturated heterocycles. The van der Waals surface area contributed by atoms with Crippen molar-refractivity contribution in [3.63, 3.8) is 0 Å². The predicted octanol–water partition coefficient (Wildman–Crippen LogP) is 3.41. The van der Waals surface area contributed by atoms with Crippen LogP contribution in [0.4, 0.5) is 18.9 Å². The molecule has 0 unspecified atom stereocenters. The van der Waals surface area contributed by atoms with Gasteiger partial charge >= 0.3 is 6.18 Å². The van der Waals surface area contributed by atoms with Crippen molar-refractivity contribution in [1.82, 2.24) is 15.0 Å². The average Bonchev–Trinajstić information content (AvgIpc) is 3.02. The van der Waals surface area contributed by atoms with Crippen LogP contribution in [0.2, 0.25) is 5.02 Å². The van der Waals surface area contributed by atoms with Crippen molar-refractivity contribution in [2.75, 3.05) is 38.0 Å². The van der Waals surface area contributed by atoms with E-state index in [9.17, 15) is 18.0 Å². The lowest BCUT2D eigenvalue weighted by Crippen LogP contribution is -2.48. The third kappa shape index (κ3) is 5.24. The van der Waals surface area contributed by atoms with Gasteiger partial charge in [0, 0.05) is 38.8 Å². The molecule has 2 aromatic rings. The fraction of sp³-hybridized carbons (Fsp3) is 0.444. The third-order valence-electron chi connectivity index (χ3n) is 4.48. The van der Waals surface area contributed by atoms with E-state index in [1.54, 1.807) is 0 Å². The van der Waals surface area contributed by atoms with Gasteiger partial charge in [0.25, 0.3) is 0 Å². The van der Waals surface area contributed by atoms with Crippen LogP contribution in [0, 0.1) is 6.92 Å². The minimum absolute atomic E-state index is 0.000567. The van der Waals surface area contributed by atoms with E-state index in [-0.39, 0.29) is 11.6 Å². The Bertz CT molecular complexity index is 832. The number of benzene rings is 1. The van der Waals surface area contributed by atoms with E-state index < -0.39 is 23.3 Å². The molecule has 28 heavy (non-hydrogen) atoms. The number of anilines is 1. The lowest BCUT2D eigenvalue weighted by atomic mass is 10.1. The molecule has 0 atom stereocenters. The molecule has 0 bridgehead atoms. The summed E-state index contributed by atoms with van der Waals surface area (Å²) in [6.07, 6.45) is -4.60. The van der Waals surface area contributed by atoms with Gasteiger partial charge in [0.15, 0.2) is 0 Å². The smallest absolute Gasteiger partial charge is 0.361 e. The van der Waals surface area contributed by atoms with E-state index in [0.29, 0.717) is 19.6 Å². The highest BCUT2D eigenvalue weighted by Crippen LogP contribution is 2.38. The summed E-state index contributed by atoms with van der Waals surface area (Å²) in [4.78, 5) is 16.3. The standard InChI is InChI=1S/C18H20ClF3N4O2/c1-12-9-13(24-28-12)10-25-5-7-26(8-6-25)11-16(27)23-17-14(18(20,21)22)3-2-4-15(17)19/h2-4,9H,5-8,10-11H2,1H3,(H,23,27). The molecule has 1 fully saturated rings. The van der Waals surface area contributed by atoms with Crippen LogP contribution in [0.3, 0.4) is 0 Å². The van der Waals surface area contributed by atoms with Crippen LogP contribution in [0.25, 0.3) is 0 Å². The number of nitrogens with one attached hydrogen (secondary N) is 1. The molecule has 6 nitrogen and oxygen atoms in total. The molecular weight excluding hydrogens is 397 g/mol. The lowest BCUT2D eigenvalue weighted by Gasteiger charge is -2.33. The van der Waals surface area contributed by atoms with Gasteiger partial charge in [-0.15, -0.1) is 0 Å². The maximum Gasteiger partial charge on any atom is 0.418 e. The number of amides is 1. The SMILES string of the molecule is Cc1cc(CN2CCN(CC(=O)Nc3c(Cl)cccc3C(F)(F)F)CC2)no1. The molecular formula is C18H20ClF3N4O2. The number of carbonyl (C=O) groups excluding carboxylic acids is 1. The van der Waals surface area contributed by atoms with Gasteiger partial charge in [-0.1, -0.05) is 22.8 Å². The quantitative estimate of drug-likeness (QED) is 0.809. The number of nitrogens with zero attached hydrogens (tertiary/aromatic N) is 3. The number of piperazine rings is 1. The number of carbonyl (C=O) groups is 1. The van der Waals surface area contributed by atoms with E-state index in [2.05, 4.69) is 15.4 Å². The highest BCUT2D eigenvalue weighted by atomic mass is 35.5. The van der Waals surface area contributed by atoms with Crippen LogP contribution < -0.4 is 5.32 Å². The highest BCUT2D eigenvalue weighted by Gasteiger charge is 2.35. The van der Waals surface area contributed by atoms with Gasteiger partial charge in [-0.25, -0.2) is 0 Å². The summed E-state index contributed by atoms with van der Waals surface area (Å²) in [5.74, 6) is 0.224. The minimum Gasteiger partial charge on any atom is -0.361 e. The van der Waals surface area contributed by atoms with Gasteiger partial charge in [-0.2, -0.15) is 13.2 Å². The van der Waals surface area contributed by atoms with Crippen molar-refractivity contribution in [2.24, 2.45) is 0 Å². The van der Waals surface area contributed by atoms with Crippen molar-refractivity contribution in [3.8, 4) is 0 Å². The van der Waals surface area contributed by atoms with Crippen molar-refractivity contribution in [1.29, 1.82) is 0 Å². The number of hydrogen-bond donors (Lipinski definition) is 1. The second-order valence-corrected chi connectivity index (χ2v) is 7.10. The van der Waals surface area contributed by atoms with Crippen LogP contribution in [0.15, 0.2) is 28.8 Å². The van der Waals surface area contributed by atoms with Crippen LogP contribution in [0.5, 0.6) is 0 Å². The number of rotatable bonds is 5. The molecule has 0 radical (unpaired) electrons. The van der Waals surface area contributed by atoms with E-state index in [1.807, 2.05) is 17.9 Å². The highest BCUT2D eigenvalue weighted by molar-refractivity contribution is 6.34. The predicted molar refractivity (Wildman–Crippen MR) is 98.0 cm³/mol. The molecule has 0 spiro atoms. The van der Waals surface area contributed by atoms with E-state index in [0.717, 1.165) is 30.6 Å². The first-order valence-corrected chi connectivity index (χ1v) is 9.12. The van der Waals surface area contributed by atoms with Gasteiger partial charge in [0.2, 0.25) is 5.91 Å². The topological polar surface area (TPSA) is 61.6 Å². The fourth-order valence-corrected chi connectivity index (χ4v) is 3.32. The summed E-state index contributed by atoms with van der Waals surface area (Å²) >= 11 is 5.87. The number of halogens is 4. The summed E-state index contributed by atoms with van der Waals surface area (Å²) in [7, 11) is 0. The first-order chi connectivity index (χ1) is 13.2. The largest absolute Gasteiger partial charge is 0.418 e. The third-order valence-corrected chi connectivity index (χ3v) is 4.79. The Morgan fingerprint density at radius 2 is 1.93 bits per heavy atom. The molecule has 0 saturated carbocycles. The maximum atomic E-state index is 13.1. The summed E-state index contributed by atoms with van der Waals surface area (Å²) in [5.41, 5.74) is -0.509. The Hall–Kier alpha value is -2.10. The Balaban J connectivity index is 1.53. The first-order valence-electron chi connectivity index (χ1n) is 8.75. The summed E-state index contributed by atoms with van der Waals surface area (Å²) in [6, 6.07) is 5.29. The number of aryl methyl sites for hydroxylation is 1. The molecule has 152 valence electrons. The van der Waals surface area contributed by atoms with Crippen LogP contribution in [-0.2, 0) is 17.5 Å². The van der Waals surface area contributed by atoms with E-state index in [4.69, 9.17) is 16.1 Å². The molecule has 1 aliphatic heterocycles. The zero-order valence-electron chi connectivity index (χ0n) is 15.2. The van der Waals surface area contributed by atoms with Gasteiger partial charge in [0.1, 0.15) is 5.76 Å². The Morgan fingerprint density at radius 3 is 2.54 bits per heavy atom.